The molecule has 0 saturated carbocycles. The number of hydrogen-bond donors (Lipinski definition) is 2. The monoisotopic (exact) mass is 509 g/mol. The van der Waals surface area contributed by atoms with Crippen molar-refractivity contribution in [3.05, 3.63) is 77.2 Å². The number of hydrogen-bond acceptors (Lipinski definition) is 7. The fourth-order valence-electron chi connectivity index (χ4n) is 4.84. The third kappa shape index (κ3) is 4.53. The van der Waals surface area contributed by atoms with E-state index in [2.05, 4.69) is 27.1 Å². The number of anilines is 2. The maximum Gasteiger partial charge on any atom is 0.346 e. The van der Waals surface area contributed by atoms with E-state index in [9.17, 15) is 4.79 Å². The van der Waals surface area contributed by atoms with Crippen LogP contribution in [0.3, 0.4) is 0 Å². The van der Waals surface area contributed by atoms with Crippen molar-refractivity contribution in [1.82, 2.24) is 24.8 Å². The first-order chi connectivity index (χ1) is 18.6. The van der Waals surface area contributed by atoms with E-state index in [-0.39, 0.29) is 18.1 Å². The number of nitrogens with zero attached hydrogens (tertiary/aromatic N) is 5. The molecule has 6 rings (SSSR count). The van der Waals surface area contributed by atoms with Crippen molar-refractivity contribution in [2.75, 3.05) is 30.9 Å². The van der Waals surface area contributed by atoms with E-state index in [1.165, 1.54) is 11.4 Å². The number of nitrogens with two attached hydrogens (primary N) is 1. The van der Waals surface area contributed by atoms with Gasteiger partial charge in [0, 0.05) is 24.3 Å². The van der Waals surface area contributed by atoms with Gasteiger partial charge in [-0.05, 0) is 42.5 Å². The van der Waals surface area contributed by atoms with Gasteiger partial charge in [0.25, 0.3) is 0 Å². The summed E-state index contributed by atoms with van der Waals surface area (Å²) in [6, 6.07) is 15.1. The number of hydroxylamine groups is 2. The Morgan fingerprint density at radius 3 is 2.79 bits per heavy atom. The Balaban J connectivity index is 1.27. The van der Waals surface area contributed by atoms with E-state index in [0.717, 1.165) is 29.5 Å². The maximum atomic E-state index is 13.1. The SMILES string of the molecule is Cc1ccc(NC(=O)N2OCC[C@@H]2c2ccccc2)cc1C#Cc1nn([C@H]2CCOC2)c2ncnc(N)c12. The molecule has 4 heterocycles. The number of aryl methyl sites for hydroxylation is 1. The number of rotatable bonds is 3. The zero-order valence-corrected chi connectivity index (χ0v) is 20.9. The standard InChI is InChI=1S/C28H27N7O3/c1-18-7-9-21(32-28(36)35-24(12-14-38-35)19-5-3-2-4-6-19)15-20(18)8-10-23-25-26(29)30-17-31-27(25)34(33-23)22-11-13-37-16-22/h2-7,9,15,17,22,24H,11-14,16H2,1H3,(H,32,36)(H2,29,30,31)/t22-,24+/m0/s1. The van der Waals surface area contributed by atoms with Crippen molar-refractivity contribution >= 4 is 28.6 Å². The third-order valence-electron chi connectivity index (χ3n) is 6.86. The Kier molecular flexibility index (Phi) is 6.37. The van der Waals surface area contributed by atoms with Gasteiger partial charge in [0.05, 0.1) is 30.7 Å². The van der Waals surface area contributed by atoms with Crippen LogP contribution < -0.4 is 11.1 Å². The highest BCUT2D eigenvalue weighted by atomic mass is 16.7. The van der Waals surface area contributed by atoms with Gasteiger partial charge in [-0.3, -0.25) is 4.84 Å². The number of amides is 2. The molecule has 2 aliphatic rings. The average Bonchev–Trinajstić information content (AvgIpc) is 3.70. The van der Waals surface area contributed by atoms with Crippen molar-refractivity contribution < 1.29 is 14.4 Å². The van der Waals surface area contributed by atoms with Gasteiger partial charge in [0.15, 0.2) is 5.65 Å². The highest BCUT2D eigenvalue weighted by molar-refractivity contribution is 5.91. The number of nitrogens with one attached hydrogen (secondary N) is 1. The Bertz CT molecular complexity index is 1550. The number of ether oxygens (including phenoxy) is 1. The predicted octanol–water partition coefficient (Wildman–Crippen LogP) is 3.99. The minimum Gasteiger partial charge on any atom is -0.383 e. The van der Waals surface area contributed by atoms with Crippen molar-refractivity contribution in [2.45, 2.75) is 31.8 Å². The number of aromatic nitrogens is 4. The molecule has 38 heavy (non-hydrogen) atoms. The van der Waals surface area contributed by atoms with Gasteiger partial charge >= 0.3 is 6.03 Å². The minimum absolute atomic E-state index is 0.0788. The summed E-state index contributed by atoms with van der Waals surface area (Å²) >= 11 is 0. The molecule has 0 bridgehead atoms. The van der Waals surface area contributed by atoms with E-state index in [0.29, 0.717) is 48.1 Å². The van der Waals surface area contributed by atoms with E-state index < -0.39 is 0 Å². The first-order valence-electron chi connectivity index (χ1n) is 12.6. The quantitative estimate of drug-likeness (QED) is 0.401. The Hall–Kier alpha value is -4.46. The van der Waals surface area contributed by atoms with Crippen LogP contribution in [0.4, 0.5) is 16.3 Å². The molecule has 0 aliphatic carbocycles. The maximum absolute atomic E-state index is 13.1. The molecule has 0 radical (unpaired) electrons. The second-order valence-electron chi connectivity index (χ2n) is 9.35. The highest BCUT2D eigenvalue weighted by Crippen LogP contribution is 2.31. The summed E-state index contributed by atoms with van der Waals surface area (Å²) in [5, 5.41) is 9.72. The van der Waals surface area contributed by atoms with Gasteiger partial charge in [-0.1, -0.05) is 42.3 Å². The minimum atomic E-state index is -0.326. The fraction of sp³-hybridized carbons (Fsp3) is 0.286. The van der Waals surface area contributed by atoms with Crippen LogP contribution in [0, 0.1) is 18.8 Å². The van der Waals surface area contributed by atoms with Crippen LogP contribution >= 0.6 is 0 Å². The molecule has 192 valence electrons. The number of benzene rings is 2. The molecule has 2 aliphatic heterocycles. The number of carbonyl (C=O) groups excluding carboxylic acids is 1. The molecule has 10 nitrogen and oxygen atoms in total. The molecule has 2 fully saturated rings. The predicted molar refractivity (Wildman–Crippen MR) is 142 cm³/mol. The van der Waals surface area contributed by atoms with Crippen LogP contribution in [-0.2, 0) is 9.57 Å². The molecule has 0 spiro atoms. The van der Waals surface area contributed by atoms with Crippen molar-refractivity contribution in [2.24, 2.45) is 0 Å². The number of carbonyl (C=O) groups is 1. The molecule has 2 aromatic carbocycles. The van der Waals surface area contributed by atoms with Crippen molar-refractivity contribution in [3.8, 4) is 11.8 Å². The first-order valence-corrected chi connectivity index (χ1v) is 12.6. The van der Waals surface area contributed by atoms with Gasteiger partial charge in [0.1, 0.15) is 17.8 Å². The van der Waals surface area contributed by atoms with E-state index >= 15 is 0 Å². The molecule has 2 atom stereocenters. The second-order valence-corrected chi connectivity index (χ2v) is 9.35. The molecule has 2 saturated heterocycles. The summed E-state index contributed by atoms with van der Waals surface area (Å²) < 4.78 is 7.38. The summed E-state index contributed by atoms with van der Waals surface area (Å²) in [5.41, 5.74) is 10.7. The smallest absolute Gasteiger partial charge is 0.346 e. The van der Waals surface area contributed by atoms with E-state index in [1.54, 1.807) is 0 Å². The topological polar surface area (TPSA) is 120 Å². The summed E-state index contributed by atoms with van der Waals surface area (Å²) in [4.78, 5) is 27.3. The Labute approximate surface area is 219 Å². The molecule has 10 heteroatoms. The number of fused-ring (bicyclic) bond motifs is 1. The van der Waals surface area contributed by atoms with Crippen LogP contribution in [0.15, 0.2) is 54.9 Å². The second kappa shape index (κ2) is 10.1. The van der Waals surface area contributed by atoms with Crippen LogP contribution in [0.5, 0.6) is 0 Å². The van der Waals surface area contributed by atoms with Gasteiger partial charge in [-0.2, -0.15) is 10.2 Å². The summed E-state index contributed by atoms with van der Waals surface area (Å²) in [5.74, 6) is 6.70. The summed E-state index contributed by atoms with van der Waals surface area (Å²) in [6.45, 7) is 3.70. The first kappa shape index (κ1) is 23.9. The van der Waals surface area contributed by atoms with Gasteiger partial charge in [-0.15, -0.1) is 0 Å². The Morgan fingerprint density at radius 2 is 1.97 bits per heavy atom. The molecule has 2 amide bonds. The molecule has 4 aromatic rings. The molecule has 2 aromatic heterocycles. The van der Waals surface area contributed by atoms with Crippen LogP contribution in [0.1, 0.15) is 47.3 Å². The van der Waals surface area contributed by atoms with Crippen LogP contribution in [-0.4, -0.2) is 50.7 Å². The molecule has 3 N–H and O–H groups in total. The lowest BCUT2D eigenvalue weighted by Gasteiger charge is -2.23. The normalized spacial score (nSPS) is 18.9. The van der Waals surface area contributed by atoms with Crippen LogP contribution in [0.2, 0.25) is 0 Å². The number of nitrogen functional groups attached to an aromatic ring is 1. The lowest BCUT2D eigenvalue weighted by molar-refractivity contribution is -0.0829. The van der Waals surface area contributed by atoms with Crippen molar-refractivity contribution in [1.29, 1.82) is 0 Å². The fourth-order valence-corrected chi connectivity index (χ4v) is 4.84. The highest BCUT2D eigenvalue weighted by Gasteiger charge is 2.32. The molecular formula is C28H27N7O3. The van der Waals surface area contributed by atoms with Crippen LogP contribution in [0.25, 0.3) is 11.0 Å². The summed E-state index contributed by atoms with van der Waals surface area (Å²) in [7, 11) is 0. The van der Waals surface area contributed by atoms with Gasteiger partial charge in [0.2, 0.25) is 0 Å². The lowest BCUT2D eigenvalue weighted by atomic mass is 10.1. The number of urea groups is 1. The van der Waals surface area contributed by atoms with E-state index in [1.807, 2.05) is 60.1 Å². The van der Waals surface area contributed by atoms with E-state index in [4.69, 9.17) is 20.4 Å². The Morgan fingerprint density at radius 1 is 1.11 bits per heavy atom. The zero-order valence-electron chi connectivity index (χ0n) is 20.9. The largest absolute Gasteiger partial charge is 0.383 e. The average molecular weight is 510 g/mol. The molecular weight excluding hydrogens is 482 g/mol. The molecule has 0 unspecified atom stereocenters. The summed E-state index contributed by atoms with van der Waals surface area (Å²) in [6.07, 6.45) is 3.02. The lowest BCUT2D eigenvalue weighted by Crippen LogP contribution is -2.33. The zero-order chi connectivity index (χ0) is 26.1. The van der Waals surface area contributed by atoms with Crippen molar-refractivity contribution in [3.63, 3.8) is 0 Å². The van der Waals surface area contributed by atoms with Gasteiger partial charge in [-0.25, -0.2) is 19.4 Å². The third-order valence-corrected chi connectivity index (χ3v) is 6.86. The van der Waals surface area contributed by atoms with Gasteiger partial charge < -0.3 is 15.8 Å².